The molecule has 9 amide bonds. The van der Waals surface area contributed by atoms with E-state index in [0.29, 0.717) is 19.3 Å². The third-order valence-corrected chi connectivity index (χ3v) is 9.75. The monoisotopic (exact) mass is 794 g/mol. The third kappa shape index (κ3) is 11.6. The predicted octanol–water partition coefficient (Wildman–Crippen LogP) is -5.42. The van der Waals surface area contributed by atoms with Gasteiger partial charge in [-0.25, -0.2) is 4.79 Å². The molecule has 0 spiro atoms. The molecule has 3 saturated heterocycles. The van der Waals surface area contributed by atoms with Gasteiger partial charge in [-0.15, -0.1) is 0 Å². The van der Waals surface area contributed by atoms with E-state index in [-0.39, 0.29) is 38.9 Å². The smallest absolute Gasteiger partial charge is 0.326 e. The minimum absolute atomic E-state index is 0.122. The van der Waals surface area contributed by atoms with Crippen molar-refractivity contribution in [2.24, 2.45) is 17.2 Å². The molecule has 3 aliphatic rings. The number of carboxylic acids is 2. The van der Waals surface area contributed by atoms with E-state index in [1.807, 2.05) is 0 Å². The van der Waals surface area contributed by atoms with Gasteiger partial charge in [0.1, 0.15) is 42.3 Å². The summed E-state index contributed by atoms with van der Waals surface area (Å²) in [7, 11) is 0. The topological polar surface area (TPSA) is 364 Å². The Morgan fingerprint density at radius 1 is 0.589 bits per heavy atom. The second-order valence-corrected chi connectivity index (χ2v) is 14.0. The van der Waals surface area contributed by atoms with E-state index in [1.54, 1.807) is 0 Å². The van der Waals surface area contributed by atoms with Crippen molar-refractivity contribution in [1.29, 1.82) is 0 Å². The molecule has 3 fully saturated rings. The van der Waals surface area contributed by atoms with Crippen LogP contribution in [0.2, 0.25) is 0 Å². The molecule has 0 bridgehead atoms. The van der Waals surface area contributed by atoms with Gasteiger partial charge in [-0.05, 0) is 52.4 Å². The van der Waals surface area contributed by atoms with E-state index in [4.69, 9.17) is 22.3 Å². The molecular weight excluding hydrogens is 744 g/mol. The maximum absolute atomic E-state index is 13.9. The zero-order valence-electron chi connectivity index (χ0n) is 31.1. The van der Waals surface area contributed by atoms with Gasteiger partial charge in [-0.2, -0.15) is 0 Å². The van der Waals surface area contributed by atoms with Crippen LogP contribution in [0, 0.1) is 0 Å². The Kier molecular flexibility index (Phi) is 15.6. The molecule has 56 heavy (non-hydrogen) atoms. The molecule has 310 valence electrons. The lowest BCUT2D eigenvalue weighted by atomic mass is 10.1. The summed E-state index contributed by atoms with van der Waals surface area (Å²) in [4.78, 5) is 142. The molecule has 3 heterocycles. The van der Waals surface area contributed by atoms with Crippen LogP contribution in [0.15, 0.2) is 0 Å². The van der Waals surface area contributed by atoms with Crippen molar-refractivity contribution in [2.75, 3.05) is 19.6 Å². The lowest BCUT2D eigenvalue weighted by molar-refractivity contribution is -0.148. The number of likely N-dealkylation sites (tertiary alicyclic amines) is 3. The highest BCUT2D eigenvalue weighted by atomic mass is 16.4. The second kappa shape index (κ2) is 19.6. The van der Waals surface area contributed by atoms with E-state index >= 15 is 0 Å². The first-order valence-corrected chi connectivity index (χ1v) is 18.1. The minimum atomic E-state index is -1.68. The van der Waals surface area contributed by atoms with E-state index in [9.17, 15) is 57.8 Å². The summed E-state index contributed by atoms with van der Waals surface area (Å²) in [5.41, 5.74) is 16.1. The molecule has 8 unspecified atom stereocenters. The number of hydrogen-bond acceptors (Lipinski definition) is 12. The average Bonchev–Trinajstić information content (AvgIpc) is 3.90. The van der Waals surface area contributed by atoms with Crippen molar-refractivity contribution in [1.82, 2.24) is 36.0 Å². The van der Waals surface area contributed by atoms with Crippen LogP contribution in [0.5, 0.6) is 0 Å². The standard InChI is InChI=1S/C33H50N10O13/c1-15(26(48)40-19(33(55)56)14-24(36)45)37-27(49)18(13-23(35)44)39-29(51)21-7-4-10-42(21)32(54)22-8-5-11-43(22)30(52)16(2)38-28(50)20-6-3-9-41(20)31(53)17(34)12-25(46)47/h15-22H,3-14,34H2,1-2H3,(H2,35,44)(H2,36,45)(H,37,49)(H,38,50)(H,39,51)(H,40,48)(H,46,47)(H,55,56). The highest BCUT2D eigenvalue weighted by Crippen LogP contribution is 2.26. The molecule has 3 rings (SSSR count). The first kappa shape index (κ1) is 44.5. The van der Waals surface area contributed by atoms with Crippen LogP contribution in [-0.4, -0.2) is 158 Å². The summed E-state index contributed by atoms with van der Waals surface area (Å²) in [6.07, 6.45) is -0.103. The second-order valence-electron chi connectivity index (χ2n) is 14.0. The number of nitrogens with one attached hydrogen (secondary N) is 4. The van der Waals surface area contributed by atoms with Gasteiger partial charge in [0, 0.05) is 19.6 Å². The molecule has 0 saturated carbocycles. The van der Waals surface area contributed by atoms with Crippen LogP contribution in [0.1, 0.15) is 71.6 Å². The van der Waals surface area contributed by atoms with Crippen LogP contribution in [-0.2, 0) is 52.7 Å². The molecule has 23 heteroatoms. The molecule has 0 aromatic heterocycles. The number of hydrogen-bond donors (Lipinski definition) is 9. The fourth-order valence-electron chi connectivity index (χ4n) is 6.95. The van der Waals surface area contributed by atoms with Gasteiger partial charge < -0.3 is 63.4 Å². The summed E-state index contributed by atoms with van der Waals surface area (Å²) in [6, 6.07) is -10.3. The summed E-state index contributed by atoms with van der Waals surface area (Å²) in [5.74, 6) is -10.2. The fourth-order valence-corrected chi connectivity index (χ4v) is 6.95. The van der Waals surface area contributed by atoms with Gasteiger partial charge in [0.2, 0.25) is 53.2 Å². The molecule has 3 aliphatic heterocycles. The van der Waals surface area contributed by atoms with Crippen LogP contribution in [0.4, 0.5) is 0 Å². The Bertz CT molecular complexity index is 1610. The molecule has 12 N–H and O–H groups in total. The highest BCUT2D eigenvalue weighted by molar-refractivity contribution is 5.99. The van der Waals surface area contributed by atoms with E-state index in [0.717, 1.165) is 0 Å². The SMILES string of the molecule is CC(NC(=O)C(CC(N)=O)NC(=O)C1CCCN1C(=O)C1CCCN1C(=O)C(C)NC(=O)C1CCCN1C(=O)C(N)CC(=O)O)C(=O)NC(CC(N)=O)C(=O)O. The van der Waals surface area contributed by atoms with Crippen molar-refractivity contribution in [3.8, 4) is 0 Å². The van der Waals surface area contributed by atoms with Crippen LogP contribution >= 0.6 is 0 Å². The maximum Gasteiger partial charge on any atom is 0.326 e. The molecule has 0 aromatic carbocycles. The van der Waals surface area contributed by atoms with Crippen molar-refractivity contribution in [3.05, 3.63) is 0 Å². The zero-order chi connectivity index (χ0) is 42.0. The predicted molar refractivity (Wildman–Crippen MR) is 189 cm³/mol. The number of aliphatic carboxylic acids is 2. The molecule has 0 radical (unpaired) electrons. The molecule has 23 nitrogen and oxygen atoms in total. The van der Waals surface area contributed by atoms with Gasteiger partial charge in [0.05, 0.1) is 25.3 Å². The van der Waals surface area contributed by atoms with Crippen LogP contribution in [0.25, 0.3) is 0 Å². The number of carboxylic acid groups (broad SMARTS) is 2. The van der Waals surface area contributed by atoms with Crippen molar-refractivity contribution >= 4 is 65.1 Å². The highest BCUT2D eigenvalue weighted by Gasteiger charge is 2.44. The molecule has 0 aromatic rings. The summed E-state index contributed by atoms with van der Waals surface area (Å²) in [6.45, 7) is 3.07. The van der Waals surface area contributed by atoms with Crippen molar-refractivity contribution < 1.29 is 63.0 Å². The van der Waals surface area contributed by atoms with E-state index in [1.165, 1.54) is 28.5 Å². The Balaban J connectivity index is 1.65. The number of carbonyl (C=O) groups is 11. The average molecular weight is 795 g/mol. The van der Waals surface area contributed by atoms with E-state index in [2.05, 4.69) is 21.3 Å². The lowest BCUT2D eigenvalue weighted by Crippen LogP contribution is -2.59. The molecular formula is C33H50N10O13. The largest absolute Gasteiger partial charge is 0.481 e. The third-order valence-electron chi connectivity index (χ3n) is 9.75. The number of nitrogens with zero attached hydrogens (tertiary/aromatic N) is 3. The van der Waals surface area contributed by atoms with E-state index < -0.39 is 133 Å². The normalized spacial score (nSPS) is 21.8. The first-order chi connectivity index (χ1) is 26.2. The zero-order valence-corrected chi connectivity index (χ0v) is 31.1. The summed E-state index contributed by atoms with van der Waals surface area (Å²) in [5, 5.41) is 27.5. The summed E-state index contributed by atoms with van der Waals surface area (Å²) < 4.78 is 0. The van der Waals surface area contributed by atoms with Crippen molar-refractivity contribution in [2.45, 2.75) is 120 Å². The van der Waals surface area contributed by atoms with Gasteiger partial charge >= 0.3 is 11.9 Å². The number of carbonyl (C=O) groups excluding carboxylic acids is 9. The number of primary amides is 2. The van der Waals surface area contributed by atoms with Gasteiger partial charge in [-0.3, -0.25) is 47.9 Å². The van der Waals surface area contributed by atoms with Crippen LogP contribution < -0.4 is 38.5 Å². The maximum atomic E-state index is 13.9. The minimum Gasteiger partial charge on any atom is -0.481 e. The summed E-state index contributed by atoms with van der Waals surface area (Å²) >= 11 is 0. The Morgan fingerprint density at radius 3 is 1.61 bits per heavy atom. The quantitative estimate of drug-likeness (QED) is 0.0626. The van der Waals surface area contributed by atoms with Gasteiger partial charge in [-0.1, -0.05) is 0 Å². The van der Waals surface area contributed by atoms with Crippen molar-refractivity contribution in [3.63, 3.8) is 0 Å². The Hall–Kier alpha value is -5.87. The molecule has 0 aliphatic carbocycles. The Labute approximate surface area is 320 Å². The Morgan fingerprint density at radius 2 is 1.07 bits per heavy atom. The van der Waals surface area contributed by atoms with Gasteiger partial charge in [0.25, 0.3) is 0 Å². The number of amides is 9. The number of rotatable bonds is 18. The first-order valence-electron chi connectivity index (χ1n) is 18.1. The lowest BCUT2D eigenvalue weighted by Gasteiger charge is -2.33. The van der Waals surface area contributed by atoms with Gasteiger partial charge in [0.15, 0.2) is 0 Å². The molecule has 8 atom stereocenters. The fraction of sp³-hybridized carbons (Fsp3) is 0.667. The number of nitrogens with two attached hydrogens (primary N) is 3. The van der Waals surface area contributed by atoms with Crippen LogP contribution in [0.3, 0.4) is 0 Å².